The van der Waals surface area contributed by atoms with Crippen molar-refractivity contribution in [2.45, 2.75) is 64.5 Å². The molecule has 30 heavy (non-hydrogen) atoms. The van der Waals surface area contributed by atoms with Gasteiger partial charge < -0.3 is 9.30 Å². The predicted octanol–water partition coefficient (Wildman–Crippen LogP) is 4.30. The van der Waals surface area contributed by atoms with E-state index < -0.39 is 0 Å². The average Bonchev–Trinajstić information content (AvgIpc) is 3.39. The summed E-state index contributed by atoms with van der Waals surface area (Å²) in [5, 5.41) is 1.10. The number of nitrogens with one attached hydrogen (secondary N) is 1. The first-order valence-corrected chi connectivity index (χ1v) is 11.0. The highest BCUT2D eigenvalue weighted by atomic mass is 16.5. The zero-order valence-corrected chi connectivity index (χ0v) is 17.7. The Labute approximate surface area is 178 Å². The molecule has 1 aliphatic carbocycles. The van der Waals surface area contributed by atoms with Gasteiger partial charge in [-0.3, -0.25) is 10.2 Å². The maximum absolute atomic E-state index is 12.2. The van der Waals surface area contributed by atoms with E-state index in [1.165, 1.54) is 24.1 Å². The Morgan fingerprint density at radius 1 is 1.17 bits per heavy atom. The number of fused-ring (bicyclic) bond motifs is 1. The second-order valence-corrected chi connectivity index (χ2v) is 8.11. The highest BCUT2D eigenvalue weighted by Gasteiger charge is 2.21. The summed E-state index contributed by atoms with van der Waals surface area (Å²) in [7, 11) is 0. The van der Waals surface area contributed by atoms with Crippen LogP contribution in [0.3, 0.4) is 0 Å². The van der Waals surface area contributed by atoms with Crippen LogP contribution in [0.1, 0.15) is 49.4 Å². The van der Waals surface area contributed by atoms with Crippen LogP contribution in [0.5, 0.6) is 5.75 Å². The highest BCUT2D eigenvalue weighted by molar-refractivity contribution is 5.91. The number of hydrogen-bond acceptors (Lipinski definition) is 3. The van der Waals surface area contributed by atoms with Crippen molar-refractivity contribution in [1.82, 2.24) is 9.99 Å². The Morgan fingerprint density at radius 3 is 2.63 bits per heavy atom. The lowest BCUT2D eigenvalue weighted by atomic mass is 10.1. The van der Waals surface area contributed by atoms with E-state index in [1.54, 1.807) is 0 Å². The molecule has 3 N–H and O–H groups in total. The maximum Gasteiger partial charge on any atom is 0.238 e. The van der Waals surface area contributed by atoms with Crippen molar-refractivity contribution in [3.63, 3.8) is 0 Å². The van der Waals surface area contributed by atoms with Crippen LogP contribution in [-0.4, -0.2) is 16.6 Å². The third-order valence-corrected chi connectivity index (χ3v) is 6.16. The number of amides is 1. The SMILES string of the molecule is CCc1c(CC(=O)NN)c2cc(OC3CCCC3)ccc2n1CCc1ccccc1. The molecule has 4 rings (SSSR count). The van der Waals surface area contributed by atoms with Crippen LogP contribution in [0.15, 0.2) is 48.5 Å². The van der Waals surface area contributed by atoms with Crippen molar-refractivity contribution < 1.29 is 9.53 Å². The van der Waals surface area contributed by atoms with Gasteiger partial charge in [0, 0.05) is 23.1 Å². The molecule has 2 aromatic carbocycles. The van der Waals surface area contributed by atoms with Crippen LogP contribution in [0.2, 0.25) is 0 Å². The molecule has 0 saturated heterocycles. The van der Waals surface area contributed by atoms with Crippen molar-refractivity contribution in [2.24, 2.45) is 5.84 Å². The molecule has 0 bridgehead atoms. The molecule has 1 heterocycles. The maximum atomic E-state index is 12.2. The number of nitrogens with two attached hydrogens (primary N) is 1. The van der Waals surface area contributed by atoms with Gasteiger partial charge in [0.25, 0.3) is 0 Å². The number of ether oxygens (including phenoxy) is 1. The Kier molecular flexibility index (Phi) is 6.38. The molecule has 158 valence electrons. The van der Waals surface area contributed by atoms with Crippen LogP contribution in [0, 0.1) is 0 Å². The predicted molar refractivity (Wildman–Crippen MR) is 120 cm³/mol. The third kappa shape index (κ3) is 4.36. The van der Waals surface area contributed by atoms with E-state index in [0.717, 1.165) is 54.4 Å². The average molecular weight is 406 g/mol. The van der Waals surface area contributed by atoms with E-state index in [9.17, 15) is 4.79 Å². The van der Waals surface area contributed by atoms with Crippen LogP contribution in [-0.2, 0) is 30.6 Å². The molecule has 0 spiro atoms. The molecule has 1 saturated carbocycles. The number of carbonyl (C=O) groups excluding carboxylic acids is 1. The first-order chi connectivity index (χ1) is 14.7. The Balaban J connectivity index is 1.71. The summed E-state index contributed by atoms with van der Waals surface area (Å²) in [6.07, 6.45) is 7.12. The summed E-state index contributed by atoms with van der Waals surface area (Å²) in [4.78, 5) is 12.2. The van der Waals surface area contributed by atoms with Gasteiger partial charge >= 0.3 is 0 Å². The fourth-order valence-electron chi connectivity index (χ4n) is 4.68. The molecule has 1 fully saturated rings. The van der Waals surface area contributed by atoms with Crippen LogP contribution < -0.4 is 16.0 Å². The zero-order chi connectivity index (χ0) is 20.9. The van der Waals surface area contributed by atoms with Gasteiger partial charge in [-0.25, -0.2) is 5.84 Å². The molecule has 0 aliphatic heterocycles. The van der Waals surface area contributed by atoms with Gasteiger partial charge in [0.1, 0.15) is 5.75 Å². The number of aryl methyl sites for hydroxylation is 2. The zero-order valence-electron chi connectivity index (χ0n) is 17.7. The largest absolute Gasteiger partial charge is 0.490 e. The minimum Gasteiger partial charge on any atom is -0.490 e. The topological polar surface area (TPSA) is 69.3 Å². The summed E-state index contributed by atoms with van der Waals surface area (Å²) in [6, 6.07) is 16.9. The molecule has 3 aromatic rings. The second-order valence-electron chi connectivity index (χ2n) is 8.11. The molecule has 5 nitrogen and oxygen atoms in total. The van der Waals surface area contributed by atoms with Crippen molar-refractivity contribution in [1.29, 1.82) is 0 Å². The second kappa shape index (κ2) is 9.35. The lowest BCUT2D eigenvalue weighted by Crippen LogP contribution is -2.31. The van der Waals surface area contributed by atoms with E-state index in [-0.39, 0.29) is 12.3 Å². The van der Waals surface area contributed by atoms with Gasteiger partial charge in [0.15, 0.2) is 0 Å². The molecule has 1 aromatic heterocycles. The summed E-state index contributed by atoms with van der Waals surface area (Å²) in [6.45, 7) is 3.02. The van der Waals surface area contributed by atoms with Crippen LogP contribution in [0.25, 0.3) is 10.9 Å². The lowest BCUT2D eigenvalue weighted by Gasteiger charge is -2.13. The minimum absolute atomic E-state index is 0.172. The van der Waals surface area contributed by atoms with Crippen LogP contribution in [0.4, 0.5) is 0 Å². The molecule has 1 aliphatic rings. The van der Waals surface area contributed by atoms with E-state index in [1.807, 2.05) is 6.07 Å². The van der Waals surface area contributed by atoms with Crippen molar-refractivity contribution >= 4 is 16.8 Å². The standard InChI is InChI=1S/C25H31N3O2/c1-2-23-22(17-25(29)27-26)21-16-20(30-19-10-6-7-11-19)12-13-24(21)28(23)15-14-18-8-4-3-5-9-18/h3-5,8-9,12-13,16,19H,2,6-7,10-11,14-15,17,26H2,1H3,(H,27,29). The number of nitrogens with zero attached hydrogens (tertiary/aromatic N) is 1. The summed E-state index contributed by atoms with van der Waals surface area (Å²) in [5.41, 5.74) is 7.01. The van der Waals surface area contributed by atoms with Gasteiger partial charge in [0.05, 0.1) is 12.5 Å². The molecule has 1 amide bonds. The van der Waals surface area contributed by atoms with Gasteiger partial charge in [-0.15, -0.1) is 0 Å². The normalized spacial score (nSPS) is 14.3. The molecular weight excluding hydrogens is 374 g/mol. The Bertz CT molecular complexity index is 1000. The number of hydrogen-bond donors (Lipinski definition) is 2. The van der Waals surface area contributed by atoms with Gasteiger partial charge in [0.2, 0.25) is 5.91 Å². The van der Waals surface area contributed by atoms with E-state index >= 15 is 0 Å². The summed E-state index contributed by atoms with van der Waals surface area (Å²) in [5.74, 6) is 6.13. The summed E-state index contributed by atoms with van der Waals surface area (Å²) < 4.78 is 8.61. The number of carbonyl (C=O) groups is 1. The quantitative estimate of drug-likeness (QED) is 0.333. The van der Waals surface area contributed by atoms with E-state index in [4.69, 9.17) is 10.6 Å². The van der Waals surface area contributed by atoms with Gasteiger partial charge in [-0.1, -0.05) is 37.3 Å². The molecule has 0 unspecified atom stereocenters. The van der Waals surface area contributed by atoms with Crippen LogP contribution >= 0.6 is 0 Å². The fourth-order valence-corrected chi connectivity index (χ4v) is 4.68. The van der Waals surface area contributed by atoms with E-state index in [0.29, 0.717) is 6.10 Å². The first kappa shape index (κ1) is 20.5. The Hall–Kier alpha value is -2.79. The number of benzene rings is 2. The highest BCUT2D eigenvalue weighted by Crippen LogP contribution is 2.33. The summed E-state index contributed by atoms with van der Waals surface area (Å²) >= 11 is 0. The monoisotopic (exact) mass is 405 g/mol. The number of rotatable bonds is 8. The molecular formula is C25H31N3O2. The van der Waals surface area contributed by atoms with Crippen molar-refractivity contribution in [2.75, 3.05) is 0 Å². The van der Waals surface area contributed by atoms with E-state index in [2.05, 4.69) is 59.4 Å². The first-order valence-electron chi connectivity index (χ1n) is 11.0. The number of hydrazine groups is 1. The smallest absolute Gasteiger partial charge is 0.238 e. The van der Waals surface area contributed by atoms with Crippen molar-refractivity contribution in [3.05, 3.63) is 65.4 Å². The third-order valence-electron chi connectivity index (χ3n) is 6.16. The van der Waals surface area contributed by atoms with Gasteiger partial charge in [-0.05, 0) is 67.9 Å². The van der Waals surface area contributed by atoms with Gasteiger partial charge in [-0.2, -0.15) is 0 Å². The number of aromatic nitrogens is 1. The fraction of sp³-hybridized carbons (Fsp3) is 0.400. The lowest BCUT2D eigenvalue weighted by molar-refractivity contribution is -0.120. The van der Waals surface area contributed by atoms with Crippen molar-refractivity contribution in [3.8, 4) is 5.75 Å². The molecule has 0 atom stereocenters. The Morgan fingerprint density at radius 2 is 1.93 bits per heavy atom. The molecule has 5 heteroatoms. The molecule has 0 radical (unpaired) electrons. The minimum atomic E-state index is -0.172.